The summed E-state index contributed by atoms with van der Waals surface area (Å²) in [5.74, 6) is 0.891. The molecular weight excluding hydrogens is 443 g/mol. The van der Waals surface area contributed by atoms with E-state index in [1.165, 1.54) is 18.5 Å². The number of hydrogen-bond donors (Lipinski definition) is 2. The smallest absolute Gasteiger partial charge is 0.416 e. The van der Waals surface area contributed by atoms with Crippen molar-refractivity contribution in [2.45, 2.75) is 12.7 Å². The number of alkyl halides is 3. The molecule has 0 unspecified atom stereocenters. The predicted molar refractivity (Wildman–Crippen MR) is 118 cm³/mol. The van der Waals surface area contributed by atoms with Crippen LogP contribution < -0.4 is 15.4 Å². The molecule has 2 aromatic carbocycles. The molecule has 0 bridgehead atoms. The minimum atomic E-state index is -4.45. The van der Waals surface area contributed by atoms with Crippen molar-refractivity contribution in [1.82, 2.24) is 19.9 Å². The average molecular weight is 462 g/mol. The molecule has 32 heavy (non-hydrogen) atoms. The molecule has 0 atom stereocenters. The maximum atomic E-state index is 12.9. The highest BCUT2D eigenvalue weighted by Crippen LogP contribution is 2.36. The van der Waals surface area contributed by atoms with Gasteiger partial charge in [0.2, 0.25) is 0 Å². The molecule has 0 aliphatic rings. The number of ether oxygens (including phenoxy) is 1. The van der Waals surface area contributed by atoms with E-state index < -0.39 is 11.7 Å². The van der Waals surface area contributed by atoms with E-state index in [-0.39, 0.29) is 16.5 Å². The van der Waals surface area contributed by atoms with Crippen molar-refractivity contribution in [2.75, 3.05) is 18.9 Å². The van der Waals surface area contributed by atoms with E-state index in [0.29, 0.717) is 11.5 Å². The monoisotopic (exact) mass is 461 g/mol. The molecule has 0 radical (unpaired) electrons. The number of aromatic nitrogens is 3. The first kappa shape index (κ1) is 21.9. The second-order valence-corrected chi connectivity index (χ2v) is 7.37. The summed E-state index contributed by atoms with van der Waals surface area (Å²) >= 11 is 6.34. The van der Waals surface area contributed by atoms with Crippen molar-refractivity contribution in [2.24, 2.45) is 0 Å². The molecule has 0 saturated carbocycles. The van der Waals surface area contributed by atoms with Gasteiger partial charge >= 0.3 is 6.18 Å². The number of fused-ring (bicyclic) bond motifs is 1. The van der Waals surface area contributed by atoms with Crippen LogP contribution in [-0.2, 0) is 12.7 Å². The zero-order chi connectivity index (χ0) is 22.7. The normalized spacial score (nSPS) is 11.7. The van der Waals surface area contributed by atoms with Crippen LogP contribution in [0.3, 0.4) is 0 Å². The highest BCUT2D eigenvalue weighted by atomic mass is 35.5. The van der Waals surface area contributed by atoms with E-state index in [4.69, 9.17) is 16.3 Å². The number of rotatable bonds is 7. The van der Waals surface area contributed by atoms with Crippen LogP contribution in [0.2, 0.25) is 5.02 Å². The third kappa shape index (κ3) is 4.79. The number of nitrogens with one attached hydrogen (secondary N) is 2. The fraction of sp³-hybridized carbons (Fsp3) is 0.182. The molecule has 0 aliphatic carbocycles. The standard InChI is InChI=1S/C22H19ClF3N5O/c1-27-8-10-31-9-7-18-20(31)21(29-13-28-18)30-15-5-6-19(17(23)12-15)32-16-4-2-3-14(11-16)22(24,25)26/h2-7,9,11-13,27H,8,10H2,1H3,(H,28,29,30). The Morgan fingerprint density at radius 3 is 2.69 bits per heavy atom. The number of likely N-dealkylation sites (N-methyl/N-ethyl adjacent to an activating group) is 1. The minimum absolute atomic E-state index is 0.0438. The molecule has 2 aromatic heterocycles. The van der Waals surface area contributed by atoms with E-state index in [1.54, 1.807) is 18.2 Å². The Kier molecular flexibility index (Phi) is 6.20. The minimum Gasteiger partial charge on any atom is -0.456 e. The summed E-state index contributed by atoms with van der Waals surface area (Å²) in [6.07, 6.45) is -1.04. The summed E-state index contributed by atoms with van der Waals surface area (Å²) in [5, 5.41) is 6.58. The van der Waals surface area contributed by atoms with Gasteiger partial charge < -0.3 is 19.9 Å². The van der Waals surface area contributed by atoms with Crippen LogP contribution in [0.4, 0.5) is 24.7 Å². The van der Waals surface area contributed by atoms with Crippen LogP contribution in [0.15, 0.2) is 61.1 Å². The van der Waals surface area contributed by atoms with E-state index in [2.05, 4.69) is 20.6 Å². The van der Waals surface area contributed by atoms with Gasteiger partial charge in [0, 0.05) is 25.0 Å². The van der Waals surface area contributed by atoms with Gasteiger partial charge in [-0.25, -0.2) is 9.97 Å². The van der Waals surface area contributed by atoms with E-state index in [0.717, 1.165) is 36.3 Å². The van der Waals surface area contributed by atoms with Gasteiger partial charge in [-0.2, -0.15) is 13.2 Å². The summed E-state index contributed by atoms with van der Waals surface area (Å²) in [6, 6.07) is 11.5. The van der Waals surface area contributed by atoms with Gasteiger partial charge in [-0.1, -0.05) is 17.7 Å². The second-order valence-electron chi connectivity index (χ2n) is 6.97. The summed E-state index contributed by atoms with van der Waals surface area (Å²) in [4.78, 5) is 8.65. The van der Waals surface area contributed by atoms with Crippen molar-refractivity contribution in [3.05, 3.63) is 71.6 Å². The number of anilines is 2. The zero-order valence-corrected chi connectivity index (χ0v) is 17.7. The molecule has 2 N–H and O–H groups in total. The van der Waals surface area contributed by atoms with Crippen molar-refractivity contribution in [3.8, 4) is 11.5 Å². The Hall–Kier alpha value is -3.30. The largest absolute Gasteiger partial charge is 0.456 e. The zero-order valence-electron chi connectivity index (χ0n) is 16.9. The number of nitrogens with zero attached hydrogens (tertiary/aromatic N) is 3. The summed E-state index contributed by atoms with van der Waals surface area (Å²) < 4.78 is 46.4. The molecule has 0 amide bonds. The average Bonchev–Trinajstić information content (AvgIpc) is 3.18. The molecule has 2 heterocycles. The summed E-state index contributed by atoms with van der Waals surface area (Å²) in [5.41, 5.74) is 1.50. The molecular formula is C22H19ClF3N5O. The Morgan fingerprint density at radius 1 is 1.09 bits per heavy atom. The number of halogens is 4. The van der Waals surface area contributed by atoms with E-state index in [9.17, 15) is 13.2 Å². The maximum Gasteiger partial charge on any atom is 0.416 e. The van der Waals surface area contributed by atoms with Crippen molar-refractivity contribution in [3.63, 3.8) is 0 Å². The Labute approximate surface area is 187 Å². The van der Waals surface area contributed by atoms with Crippen molar-refractivity contribution < 1.29 is 17.9 Å². The molecule has 0 saturated heterocycles. The number of benzene rings is 2. The molecule has 0 aliphatic heterocycles. The lowest BCUT2D eigenvalue weighted by Gasteiger charge is -2.13. The van der Waals surface area contributed by atoms with Crippen molar-refractivity contribution in [1.29, 1.82) is 0 Å². The van der Waals surface area contributed by atoms with Gasteiger partial charge in [0.25, 0.3) is 0 Å². The molecule has 0 spiro atoms. The topological polar surface area (TPSA) is 64.0 Å². The summed E-state index contributed by atoms with van der Waals surface area (Å²) in [6.45, 7) is 1.53. The SMILES string of the molecule is CNCCn1ccc2ncnc(Nc3ccc(Oc4cccc(C(F)(F)F)c4)c(Cl)c3)c21. The Balaban J connectivity index is 1.57. The lowest BCUT2D eigenvalue weighted by molar-refractivity contribution is -0.137. The number of hydrogen-bond acceptors (Lipinski definition) is 5. The molecule has 166 valence electrons. The fourth-order valence-corrected chi connectivity index (χ4v) is 3.42. The molecule has 10 heteroatoms. The highest BCUT2D eigenvalue weighted by molar-refractivity contribution is 6.32. The predicted octanol–water partition coefficient (Wildman–Crippen LogP) is 5.86. The van der Waals surface area contributed by atoms with Crippen LogP contribution in [0.25, 0.3) is 11.0 Å². The van der Waals surface area contributed by atoms with Crippen LogP contribution >= 0.6 is 11.6 Å². The lowest BCUT2D eigenvalue weighted by atomic mass is 10.2. The van der Waals surface area contributed by atoms with Gasteiger partial charge in [-0.05, 0) is 49.5 Å². The van der Waals surface area contributed by atoms with Gasteiger partial charge in [-0.3, -0.25) is 0 Å². The third-order valence-electron chi connectivity index (χ3n) is 4.74. The maximum absolute atomic E-state index is 12.9. The van der Waals surface area contributed by atoms with E-state index in [1.807, 2.05) is 23.9 Å². The highest BCUT2D eigenvalue weighted by Gasteiger charge is 2.30. The lowest BCUT2D eigenvalue weighted by Crippen LogP contribution is -2.14. The van der Waals surface area contributed by atoms with Gasteiger partial charge in [0.15, 0.2) is 5.82 Å². The molecule has 6 nitrogen and oxygen atoms in total. The molecule has 4 aromatic rings. The van der Waals surface area contributed by atoms with Gasteiger partial charge in [0.05, 0.1) is 16.1 Å². The van der Waals surface area contributed by atoms with Crippen LogP contribution in [0, 0.1) is 0 Å². The summed E-state index contributed by atoms with van der Waals surface area (Å²) in [7, 11) is 1.88. The first-order valence-electron chi connectivity index (χ1n) is 9.71. The van der Waals surface area contributed by atoms with Crippen LogP contribution in [0.1, 0.15) is 5.56 Å². The van der Waals surface area contributed by atoms with E-state index >= 15 is 0 Å². The fourth-order valence-electron chi connectivity index (χ4n) is 3.20. The molecule has 4 rings (SSSR count). The Morgan fingerprint density at radius 2 is 1.94 bits per heavy atom. The molecule has 0 fully saturated rings. The van der Waals surface area contributed by atoms with Crippen LogP contribution in [0.5, 0.6) is 11.5 Å². The first-order chi connectivity index (χ1) is 15.3. The van der Waals surface area contributed by atoms with Gasteiger partial charge in [-0.15, -0.1) is 0 Å². The van der Waals surface area contributed by atoms with Crippen LogP contribution in [-0.4, -0.2) is 28.1 Å². The second kappa shape index (κ2) is 9.05. The Bertz CT molecular complexity index is 1240. The van der Waals surface area contributed by atoms with Gasteiger partial charge in [0.1, 0.15) is 23.3 Å². The third-order valence-corrected chi connectivity index (χ3v) is 5.03. The quantitative estimate of drug-likeness (QED) is 0.361. The van der Waals surface area contributed by atoms with Crippen molar-refractivity contribution >= 4 is 34.1 Å². The first-order valence-corrected chi connectivity index (χ1v) is 10.1.